The van der Waals surface area contributed by atoms with Gasteiger partial charge >= 0.3 is 0 Å². The van der Waals surface area contributed by atoms with Crippen LogP contribution in [0.15, 0.2) is 42.6 Å². The number of primary amides is 1. The molecule has 5 heterocycles. The predicted octanol–water partition coefficient (Wildman–Crippen LogP) is 2.21. The summed E-state index contributed by atoms with van der Waals surface area (Å²) in [6.45, 7) is 5.80. The van der Waals surface area contributed by atoms with Crippen LogP contribution in [0.5, 0.6) is 5.88 Å². The van der Waals surface area contributed by atoms with E-state index in [1.807, 2.05) is 30.3 Å². The molecule has 194 valence electrons. The number of carbonyl (C=O) groups excluding carboxylic acids is 1. The molecule has 4 aromatic rings. The Labute approximate surface area is 219 Å². The number of hydrogen-bond donors (Lipinski definition) is 2. The van der Waals surface area contributed by atoms with Gasteiger partial charge in [0.1, 0.15) is 17.6 Å². The molecule has 0 radical (unpaired) electrons. The molecule has 0 aliphatic carbocycles. The Bertz CT molecular complexity index is 1520. The minimum Gasteiger partial charge on any atom is -0.481 e. The van der Waals surface area contributed by atoms with E-state index in [9.17, 15) is 4.79 Å². The number of nitrogens with one attached hydrogen (secondary N) is 1. The first-order valence-electron chi connectivity index (χ1n) is 12.2. The van der Waals surface area contributed by atoms with Gasteiger partial charge < -0.3 is 20.7 Å². The number of hydrogen-bond acceptors (Lipinski definition) is 10. The van der Waals surface area contributed by atoms with Gasteiger partial charge in [0.2, 0.25) is 11.8 Å². The van der Waals surface area contributed by atoms with E-state index < -0.39 is 5.91 Å². The van der Waals surface area contributed by atoms with Gasteiger partial charge in [0, 0.05) is 48.4 Å². The molecule has 0 unspecified atom stereocenters. The van der Waals surface area contributed by atoms with E-state index in [0.717, 1.165) is 18.8 Å². The number of ether oxygens (including phenoxy) is 1. The summed E-state index contributed by atoms with van der Waals surface area (Å²) in [7, 11) is 1.57. The van der Waals surface area contributed by atoms with Gasteiger partial charge in [0.25, 0.3) is 0 Å². The Morgan fingerprint density at radius 1 is 1.26 bits per heavy atom. The Kier molecular flexibility index (Phi) is 6.50. The summed E-state index contributed by atoms with van der Waals surface area (Å²) in [4.78, 5) is 23.1. The molecule has 0 aromatic carbocycles. The number of fused-ring (bicyclic) bond motifs is 1. The standard InChI is InChI=1S/C26H28N10O2/c1-26(2)15-35(22-8-7-17(13-27)32-33-22)10-9-20(26)31-25-16(11-21(28)37)14-29-23-12-19(34-36(23)25)18-5-4-6-24(30-18)38-3/h4-8,12,14,20,31H,9-11,15H2,1-3H3,(H2,28,37)/t20-/m1/s1. The van der Waals surface area contributed by atoms with Gasteiger partial charge in [0.15, 0.2) is 17.2 Å². The lowest BCUT2D eigenvalue weighted by Gasteiger charge is -2.45. The molecule has 5 rings (SSSR count). The van der Waals surface area contributed by atoms with E-state index in [-0.39, 0.29) is 23.6 Å². The molecule has 1 atom stereocenters. The van der Waals surface area contributed by atoms with Gasteiger partial charge in [-0.25, -0.2) is 9.97 Å². The second-order valence-corrected chi connectivity index (χ2v) is 9.92. The van der Waals surface area contributed by atoms with Gasteiger partial charge in [-0.2, -0.15) is 14.9 Å². The quantitative estimate of drug-likeness (QED) is 0.376. The van der Waals surface area contributed by atoms with E-state index in [1.165, 1.54) is 0 Å². The minimum atomic E-state index is -0.454. The Morgan fingerprint density at radius 3 is 2.79 bits per heavy atom. The number of amides is 1. The fourth-order valence-corrected chi connectivity index (χ4v) is 4.77. The van der Waals surface area contributed by atoms with Gasteiger partial charge in [-0.1, -0.05) is 19.9 Å². The van der Waals surface area contributed by atoms with Crippen LogP contribution in [0, 0.1) is 16.7 Å². The van der Waals surface area contributed by atoms with Crippen molar-refractivity contribution in [3.63, 3.8) is 0 Å². The van der Waals surface area contributed by atoms with Crippen LogP contribution in [0.4, 0.5) is 11.6 Å². The summed E-state index contributed by atoms with van der Waals surface area (Å²) in [5.41, 5.74) is 8.21. The molecule has 0 spiro atoms. The van der Waals surface area contributed by atoms with E-state index >= 15 is 0 Å². The largest absolute Gasteiger partial charge is 0.481 e. The second-order valence-electron chi connectivity index (χ2n) is 9.92. The van der Waals surface area contributed by atoms with Crippen LogP contribution in [0.2, 0.25) is 0 Å². The average molecular weight is 513 g/mol. The summed E-state index contributed by atoms with van der Waals surface area (Å²) in [5, 5.41) is 25.7. The summed E-state index contributed by atoms with van der Waals surface area (Å²) in [6, 6.07) is 12.9. The van der Waals surface area contributed by atoms with Crippen LogP contribution in [0.3, 0.4) is 0 Å². The van der Waals surface area contributed by atoms with Gasteiger partial charge in [-0.15, -0.1) is 10.2 Å². The zero-order valence-electron chi connectivity index (χ0n) is 21.4. The van der Waals surface area contributed by atoms with Crippen LogP contribution >= 0.6 is 0 Å². The van der Waals surface area contributed by atoms with Crippen molar-refractivity contribution < 1.29 is 9.53 Å². The molecule has 1 fully saturated rings. The zero-order valence-corrected chi connectivity index (χ0v) is 21.4. The van der Waals surface area contributed by atoms with Crippen molar-refractivity contribution in [2.45, 2.75) is 32.7 Å². The molecular weight excluding hydrogens is 484 g/mol. The number of pyridine rings is 1. The van der Waals surface area contributed by atoms with E-state index in [1.54, 1.807) is 30.0 Å². The van der Waals surface area contributed by atoms with Gasteiger partial charge in [-0.05, 0) is 24.6 Å². The number of carbonyl (C=O) groups is 1. The summed E-state index contributed by atoms with van der Waals surface area (Å²) < 4.78 is 6.97. The summed E-state index contributed by atoms with van der Waals surface area (Å²) in [5.74, 6) is 1.44. The number of rotatable bonds is 7. The number of nitrogens with zero attached hydrogens (tertiary/aromatic N) is 8. The lowest BCUT2D eigenvalue weighted by molar-refractivity contribution is -0.117. The monoisotopic (exact) mass is 512 g/mol. The molecule has 0 bridgehead atoms. The average Bonchev–Trinajstić information content (AvgIpc) is 3.35. The van der Waals surface area contributed by atoms with Crippen molar-refractivity contribution in [2.24, 2.45) is 11.1 Å². The SMILES string of the molecule is COc1cccc(-c2cc3ncc(CC(N)=O)c(N[C@@H]4CCN(c5ccc(C#N)nn5)CC4(C)C)n3n2)n1. The van der Waals surface area contributed by atoms with Gasteiger partial charge in [0.05, 0.1) is 19.2 Å². The highest BCUT2D eigenvalue weighted by Gasteiger charge is 2.37. The Balaban J connectivity index is 1.47. The predicted molar refractivity (Wildman–Crippen MR) is 140 cm³/mol. The second kappa shape index (κ2) is 9.93. The molecule has 1 saturated heterocycles. The van der Waals surface area contributed by atoms with Crippen LogP contribution < -0.4 is 20.7 Å². The van der Waals surface area contributed by atoms with Crippen LogP contribution in [0.25, 0.3) is 17.0 Å². The smallest absolute Gasteiger partial charge is 0.222 e. The topological polar surface area (TPSA) is 160 Å². The first kappa shape index (κ1) is 24.9. The van der Waals surface area contributed by atoms with Crippen molar-refractivity contribution in [2.75, 3.05) is 30.4 Å². The van der Waals surface area contributed by atoms with Crippen molar-refractivity contribution in [1.82, 2.24) is 29.8 Å². The molecule has 12 heteroatoms. The third-order valence-electron chi connectivity index (χ3n) is 6.75. The first-order valence-corrected chi connectivity index (χ1v) is 12.2. The van der Waals surface area contributed by atoms with E-state index in [4.69, 9.17) is 20.8 Å². The fraction of sp³-hybridized carbons (Fsp3) is 0.346. The molecule has 1 amide bonds. The van der Waals surface area contributed by atoms with E-state index in [2.05, 4.69) is 44.2 Å². The number of piperidine rings is 1. The highest BCUT2D eigenvalue weighted by atomic mass is 16.5. The zero-order chi connectivity index (χ0) is 26.9. The molecule has 4 aromatic heterocycles. The number of methoxy groups -OCH3 is 1. The van der Waals surface area contributed by atoms with Crippen LogP contribution in [-0.4, -0.2) is 61.9 Å². The van der Waals surface area contributed by atoms with E-state index in [0.29, 0.717) is 40.8 Å². The van der Waals surface area contributed by atoms with Crippen molar-refractivity contribution in [3.8, 4) is 23.3 Å². The Hall–Kier alpha value is -4.79. The third kappa shape index (κ3) is 4.90. The fourth-order valence-electron chi connectivity index (χ4n) is 4.77. The van der Waals surface area contributed by atoms with Crippen molar-refractivity contribution >= 4 is 23.2 Å². The lowest BCUT2D eigenvalue weighted by atomic mass is 9.79. The first-order chi connectivity index (χ1) is 18.3. The molecular formula is C26H28N10O2. The number of nitrogens with two attached hydrogens (primary N) is 1. The number of aromatic nitrogens is 6. The molecule has 3 N–H and O–H groups in total. The maximum absolute atomic E-state index is 11.9. The van der Waals surface area contributed by atoms with Crippen LogP contribution in [0.1, 0.15) is 31.5 Å². The minimum absolute atomic E-state index is 0.0258. The highest BCUT2D eigenvalue weighted by Crippen LogP contribution is 2.34. The van der Waals surface area contributed by atoms with Crippen molar-refractivity contribution in [1.29, 1.82) is 5.26 Å². The molecule has 1 aliphatic heterocycles. The van der Waals surface area contributed by atoms with Crippen LogP contribution in [-0.2, 0) is 11.2 Å². The molecule has 0 saturated carbocycles. The molecule has 1 aliphatic rings. The number of anilines is 2. The highest BCUT2D eigenvalue weighted by molar-refractivity contribution is 5.78. The maximum Gasteiger partial charge on any atom is 0.222 e. The third-order valence-corrected chi connectivity index (χ3v) is 6.75. The molecule has 12 nitrogen and oxygen atoms in total. The Morgan fingerprint density at radius 2 is 2.11 bits per heavy atom. The maximum atomic E-state index is 11.9. The van der Waals surface area contributed by atoms with Crippen molar-refractivity contribution in [3.05, 3.63) is 53.9 Å². The van der Waals surface area contributed by atoms with Gasteiger partial charge in [-0.3, -0.25) is 4.79 Å². The molecule has 38 heavy (non-hydrogen) atoms. The lowest BCUT2D eigenvalue weighted by Crippen LogP contribution is -2.52. The summed E-state index contributed by atoms with van der Waals surface area (Å²) in [6.07, 6.45) is 2.49. The normalized spacial score (nSPS) is 16.7. The number of nitriles is 1. The summed E-state index contributed by atoms with van der Waals surface area (Å²) >= 11 is 0.